The summed E-state index contributed by atoms with van der Waals surface area (Å²) in [6.07, 6.45) is -0.0576. The highest BCUT2D eigenvalue weighted by molar-refractivity contribution is 6.07. The van der Waals surface area contributed by atoms with Crippen LogP contribution in [0, 0.1) is 12.5 Å². The Balaban J connectivity index is 1.97. The largest absolute Gasteiger partial charge is 0.330 e. The van der Waals surface area contributed by atoms with Crippen LogP contribution in [0.15, 0.2) is 24.3 Å². The Morgan fingerprint density at radius 2 is 2.03 bits per heavy atom. The van der Waals surface area contributed by atoms with Crippen molar-refractivity contribution in [3.05, 3.63) is 41.2 Å². The van der Waals surface area contributed by atoms with Gasteiger partial charge in [-0.05, 0) is 37.8 Å². The molecule has 0 unspecified atom stereocenters. The fraction of sp³-hybridized carbons (Fsp3) is 0.565. The molecule has 0 aromatic heterocycles. The van der Waals surface area contributed by atoms with E-state index in [2.05, 4.69) is 10.2 Å². The van der Waals surface area contributed by atoms with Crippen LogP contribution in [0.25, 0.3) is 4.85 Å². The van der Waals surface area contributed by atoms with Crippen molar-refractivity contribution in [3.8, 4) is 0 Å². The molecule has 2 aliphatic rings. The first-order valence-electron chi connectivity index (χ1n) is 10.8. The molecule has 31 heavy (non-hydrogen) atoms. The van der Waals surface area contributed by atoms with E-state index in [0.717, 1.165) is 11.3 Å². The lowest BCUT2D eigenvalue weighted by atomic mass is 9.80. The van der Waals surface area contributed by atoms with E-state index in [9.17, 15) is 14.4 Å². The number of likely N-dealkylation sites (N-methyl/N-ethyl adjacent to an activating group) is 1. The monoisotopic (exact) mass is 425 g/mol. The maximum absolute atomic E-state index is 13.8. The third-order valence-corrected chi connectivity index (χ3v) is 6.26. The van der Waals surface area contributed by atoms with Gasteiger partial charge in [0.05, 0.1) is 12.5 Å². The van der Waals surface area contributed by atoms with E-state index < -0.39 is 23.7 Å². The Morgan fingerprint density at radius 1 is 1.35 bits per heavy atom. The van der Waals surface area contributed by atoms with Gasteiger partial charge in [-0.3, -0.25) is 24.1 Å². The van der Waals surface area contributed by atoms with Crippen molar-refractivity contribution in [2.75, 3.05) is 18.4 Å². The minimum atomic E-state index is -0.938. The highest BCUT2D eigenvalue weighted by atomic mass is 16.2. The molecule has 1 aromatic rings. The van der Waals surface area contributed by atoms with Crippen LogP contribution < -0.4 is 11.1 Å². The Bertz CT molecular complexity index is 922. The van der Waals surface area contributed by atoms with Gasteiger partial charge in [0.1, 0.15) is 11.5 Å². The van der Waals surface area contributed by atoms with Gasteiger partial charge in [-0.15, -0.1) is 0 Å². The Hall–Kier alpha value is -2.92. The van der Waals surface area contributed by atoms with Crippen LogP contribution in [0.3, 0.4) is 0 Å². The third kappa shape index (κ3) is 3.90. The van der Waals surface area contributed by atoms with E-state index in [1.165, 1.54) is 9.80 Å². The predicted molar refractivity (Wildman–Crippen MR) is 118 cm³/mol. The second-order valence-corrected chi connectivity index (χ2v) is 8.92. The zero-order valence-corrected chi connectivity index (χ0v) is 18.6. The summed E-state index contributed by atoms with van der Waals surface area (Å²) < 4.78 is 0. The molecule has 8 heteroatoms. The topological polar surface area (TPSA) is 100 Å². The summed E-state index contributed by atoms with van der Waals surface area (Å²) >= 11 is 0. The van der Waals surface area contributed by atoms with Gasteiger partial charge in [-0.1, -0.05) is 32.0 Å². The lowest BCUT2D eigenvalue weighted by molar-refractivity contribution is -0.147. The lowest BCUT2D eigenvalue weighted by Gasteiger charge is -2.35. The molecule has 3 rings (SSSR count). The van der Waals surface area contributed by atoms with E-state index in [-0.39, 0.29) is 36.6 Å². The Morgan fingerprint density at radius 3 is 2.61 bits per heavy atom. The van der Waals surface area contributed by atoms with Gasteiger partial charge in [0.25, 0.3) is 5.91 Å². The molecule has 166 valence electrons. The number of fused-ring (bicyclic) bond motifs is 2. The van der Waals surface area contributed by atoms with Crippen molar-refractivity contribution in [3.63, 3.8) is 0 Å². The van der Waals surface area contributed by atoms with Crippen LogP contribution in [-0.4, -0.2) is 58.9 Å². The molecule has 8 nitrogen and oxygen atoms in total. The van der Waals surface area contributed by atoms with Gasteiger partial charge in [0.15, 0.2) is 0 Å². The van der Waals surface area contributed by atoms with Crippen molar-refractivity contribution in [1.29, 1.82) is 0 Å². The van der Waals surface area contributed by atoms with Crippen LogP contribution in [0.4, 0.5) is 5.69 Å². The SMILES string of the molecule is [C-]#[N+][C@@H]1C[C@@]2(CN1C(=O)[C@H](CC(C)C)N(CC)C(=O)[C@H](C)N)C(=O)Nc1ccccc12. The van der Waals surface area contributed by atoms with E-state index in [0.29, 0.717) is 13.0 Å². The zero-order valence-electron chi connectivity index (χ0n) is 18.6. The fourth-order valence-electron chi connectivity index (χ4n) is 4.75. The van der Waals surface area contributed by atoms with Crippen LogP contribution in [0.5, 0.6) is 0 Å². The smallest absolute Gasteiger partial charge is 0.302 e. The number of nitrogens with one attached hydrogen (secondary N) is 1. The number of hydrogen-bond acceptors (Lipinski definition) is 4. The molecule has 1 saturated heterocycles. The highest BCUT2D eigenvalue weighted by Crippen LogP contribution is 2.47. The van der Waals surface area contributed by atoms with Crippen molar-refractivity contribution < 1.29 is 14.4 Å². The summed E-state index contributed by atoms with van der Waals surface area (Å²) in [7, 11) is 0. The Kier molecular flexibility index (Phi) is 6.37. The summed E-state index contributed by atoms with van der Waals surface area (Å²) in [6.45, 7) is 15.6. The molecular formula is C23H31N5O3. The highest BCUT2D eigenvalue weighted by Gasteiger charge is 2.59. The molecule has 0 aliphatic carbocycles. The average Bonchev–Trinajstić information content (AvgIpc) is 3.25. The van der Waals surface area contributed by atoms with Gasteiger partial charge in [-0.25, -0.2) is 6.57 Å². The first-order chi connectivity index (χ1) is 14.7. The molecule has 0 bridgehead atoms. The number of rotatable bonds is 6. The molecule has 1 spiro atoms. The second-order valence-electron chi connectivity index (χ2n) is 8.92. The minimum Gasteiger partial charge on any atom is -0.330 e. The van der Waals surface area contributed by atoms with Gasteiger partial charge in [0, 0.05) is 18.8 Å². The first kappa shape index (κ1) is 22.8. The molecule has 2 aliphatic heterocycles. The standard InChI is InChI=1S/C23H31N5O3/c1-6-27(20(29)15(4)24)18(11-14(2)3)21(30)28-13-23(12-19(28)25-5)16-9-7-8-10-17(16)26-22(23)31/h7-10,14-15,18-19H,6,11-13,24H2,1-4H3,(H,26,31)/t15-,18-,19-,23-/m0/s1. The van der Waals surface area contributed by atoms with Gasteiger partial charge in [-0.2, -0.15) is 0 Å². The van der Waals surface area contributed by atoms with E-state index >= 15 is 0 Å². The van der Waals surface area contributed by atoms with Crippen LogP contribution in [0.1, 0.15) is 46.1 Å². The number of hydrogen-bond donors (Lipinski definition) is 2. The molecule has 3 N–H and O–H groups in total. The molecule has 0 radical (unpaired) electrons. The molecule has 2 heterocycles. The maximum atomic E-state index is 13.8. The molecular weight excluding hydrogens is 394 g/mol. The first-order valence-corrected chi connectivity index (χ1v) is 10.8. The van der Waals surface area contributed by atoms with Gasteiger partial charge >= 0.3 is 6.17 Å². The van der Waals surface area contributed by atoms with Crippen LogP contribution in [-0.2, 0) is 19.8 Å². The van der Waals surface area contributed by atoms with Crippen molar-refractivity contribution >= 4 is 23.4 Å². The molecule has 3 amide bonds. The number of nitrogens with zero attached hydrogens (tertiary/aromatic N) is 3. The summed E-state index contributed by atoms with van der Waals surface area (Å²) in [6, 6.07) is 5.98. The van der Waals surface area contributed by atoms with E-state index in [1.54, 1.807) is 6.92 Å². The number of carbonyl (C=O) groups excluding carboxylic acids is 3. The van der Waals surface area contributed by atoms with Crippen LogP contribution in [0.2, 0.25) is 0 Å². The van der Waals surface area contributed by atoms with Crippen molar-refractivity contribution in [1.82, 2.24) is 9.80 Å². The summed E-state index contributed by atoms with van der Waals surface area (Å²) in [5, 5.41) is 2.90. The zero-order chi connectivity index (χ0) is 22.9. The van der Waals surface area contributed by atoms with Crippen molar-refractivity contribution in [2.45, 2.75) is 64.2 Å². The molecule has 4 atom stereocenters. The number of amides is 3. The minimum absolute atomic E-state index is 0.125. The average molecular weight is 426 g/mol. The fourth-order valence-corrected chi connectivity index (χ4v) is 4.75. The Labute approximate surface area is 183 Å². The lowest BCUT2D eigenvalue weighted by Crippen LogP contribution is -2.55. The summed E-state index contributed by atoms with van der Waals surface area (Å²) in [5.41, 5.74) is 6.45. The maximum Gasteiger partial charge on any atom is 0.302 e. The van der Waals surface area contributed by atoms with Gasteiger partial charge < -0.3 is 16.0 Å². The van der Waals surface area contributed by atoms with E-state index in [1.807, 2.05) is 45.0 Å². The number of para-hydroxylation sites is 1. The number of likely N-dealkylation sites (tertiary alicyclic amines) is 1. The van der Waals surface area contributed by atoms with Crippen LogP contribution >= 0.6 is 0 Å². The second kappa shape index (κ2) is 8.67. The molecule has 0 saturated carbocycles. The molecule has 1 aromatic carbocycles. The van der Waals surface area contributed by atoms with Gasteiger partial charge in [0.2, 0.25) is 11.8 Å². The quantitative estimate of drug-likeness (QED) is 0.681. The number of carbonyl (C=O) groups is 3. The van der Waals surface area contributed by atoms with E-state index in [4.69, 9.17) is 12.3 Å². The molecule has 1 fully saturated rings. The number of anilines is 1. The summed E-state index contributed by atoms with van der Waals surface area (Å²) in [5.74, 6) is -0.613. The third-order valence-electron chi connectivity index (χ3n) is 6.26. The number of nitrogens with two attached hydrogens (primary N) is 1. The summed E-state index contributed by atoms with van der Waals surface area (Å²) in [4.78, 5) is 46.2. The number of benzene rings is 1. The van der Waals surface area contributed by atoms with Crippen molar-refractivity contribution in [2.24, 2.45) is 11.7 Å². The normalized spacial score (nSPS) is 24.0. The predicted octanol–water partition coefficient (Wildman–Crippen LogP) is 1.96.